The Morgan fingerprint density at radius 1 is 1.14 bits per heavy atom. The van der Waals surface area contributed by atoms with Crippen LogP contribution in [0.2, 0.25) is 0 Å². The highest BCUT2D eigenvalue weighted by molar-refractivity contribution is 6.52. The van der Waals surface area contributed by atoms with Crippen molar-refractivity contribution in [2.45, 2.75) is 48.3 Å². The zero-order valence-electron chi connectivity index (χ0n) is 7.88. The first-order chi connectivity index (χ1) is 6.23. The highest BCUT2D eigenvalue weighted by Crippen LogP contribution is 2.39. The van der Waals surface area contributed by atoms with Crippen LogP contribution in [0.4, 0.5) is 0 Å². The Morgan fingerprint density at radius 3 is 2.00 bits per heavy atom. The minimum Gasteiger partial charge on any atom is -0.341 e. The van der Waals surface area contributed by atoms with Crippen LogP contribution in [0.15, 0.2) is 0 Å². The van der Waals surface area contributed by atoms with Crippen molar-refractivity contribution in [3.05, 3.63) is 0 Å². The molecular formula is C8H15Cl3O3. The Labute approximate surface area is 98.6 Å². The molecule has 3 nitrogen and oxygen atoms in total. The Balaban J connectivity index is 4.15. The molecular weight excluding hydrogens is 250 g/mol. The molecule has 0 saturated heterocycles. The third-order valence-corrected chi connectivity index (χ3v) is 3.70. The van der Waals surface area contributed by atoms with E-state index in [2.05, 4.69) is 0 Å². The van der Waals surface area contributed by atoms with Gasteiger partial charge in [0.05, 0.1) is 5.38 Å². The van der Waals surface area contributed by atoms with Crippen LogP contribution in [0.25, 0.3) is 0 Å². The van der Waals surface area contributed by atoms with E-state index in [1.807, 2.05) is 6.92 Å². The molecule has 0 rings (SSSR count). The number of hydrogen-bond donors (Lipinski definition) is 3. The molecule has 1 atom stereocenters. The Hall–Kier alpha value is 0.750. The van der Waals surface area contributed by atoms with E-state index in [1.165, 1.54) is 0 Å². The van der Waals surface area contributed by atoms with Crippen LogP contribution in [0.5, 0.6) is 0 Å². The van der Waals surface area contributed by atoms with Crippen molar-refractivity contribution in [2.75, 3.05) is 0 Å². The van der Waals surface area contributed by atoms with Gasteiger partial charge in [-0.3, -0.25) is 0 Å². The van der Waals surface area contributed by atoms with E-state index in [9.17, 15) is 0 Å². The maximum absolute atomic E-state index is 8.84. The van der Waals surface area contributed by atoms with Gasteiger partial charge < -0.3 is 15.3 Å². The van der Waals surface area contributed by atoms with Gasteiger partial charge in [0.25, 0.3) is 0 Å². The number of halogens is 3. The van der Waals surface area contributed by atoms with Crippen molar-refractivity contribution < 1.29 is 15.3 Å². The minimum atomic E-state index is -3.19. The summed E-state index contributed by atoms with van der Waals surface area (Å²) >= 11 is 16.8. The lowest BCUT2D eigenvalue weighted by atomic mass is 10.1. The molecule has 0 saturated carbocycles. The first kappa shape index (κ1) is 14.8. The normalized spacial score (nSPS) is 15.6. The number of unbranched alkanes of at least 4 members (excludes halogenated alkanes) is 2. The van der Waals surface area contributed by atoms with Gasteiger partial charge in [-0.1, -0.05) is 49.4 Å². The van der Waals surface area contributed by atoms with Crippen LogP contribution in [-0.4, -0.2) is 31.0 Å². The summed E-state index contributed by atoms with van der Waals surface area (Å²) in [6.07, 6.45) is 3.12. The van der Waals surface area contributed by atoms with Gasteiger partial charge in [-0.2, -0.15) is 0 Å². The standard InChI is InChI=1S/C8H15Cl3O3/c1-2-3-4-5-6(9)7(10,11)8(12,13)14/h6,12-14H,2-5H2,1H3. The fourth-order valence-corrected chi connectivity index (χ4v) is 1.48. The smallest absolute Gasteiger partial charge is 0.311 e. The molecule has 0 heterocycles. The highest BCUT2D eigenvalue weighted by atomic mass is 35.5. The van der Waals surface area contributed by atoms with E-state index in [4.69, 9.17) is 50.1 Å². The lowest BCUT2D eigenvalue weighted by Crippen LogP contribution is -2.51. The fourth-order valence-electron chi connectivity index (χ4n) is 0.965. The molecule has 0 fully saturated rings. The van der Waals surface area contributed by atoms with Crippen molar-refractivity contribution in [1.29, 1.82) is 0 Å². The third-order valence-electron chi connectivity index (χ3n) is 1.90. The summed E-state index contributed by atoms with van der Waals surface area (Å²) in [4.78, 5) is 0. The van der Waals surface area contributed by atoms with Gasteiger partial charge in [-0.15, -0.1) is 11.6 Å². The molecule has 0 aromatic rings. The monoisotopic (exact) mass is 264 g/mol. The van der Waals surface area contributed by atoms with E-state index in [0.717, 1.165) is 19.3 Å². The van der Waals surface area contributed by atoms with Gasteiger partial charge >= 0.3 is 5.97 Å². The molecule has 0 aliphatic rings. The third kappa shape index (κ3) is 4.09. The molecule has 0 bridgehead atoms. The van der Waals surface area contributed by atoms with Gasteiger partial charge in [-0.25, -0.2) is 0 Å². The summed E-state index contributed by atoms with van der Waals surface area (Å²) in [6, 6.07) is 0. The molecule has 86 valence electrons. The second-order valence-corrected chi connectivity index (χ2v) is 5.13. The van der Waals surface area contributed by atoms with Gasteiger partial charge in [0.1, 0.15) is 0 Å². The van der Waals surface area contributed by atoms with E-state index in [0.29, 0.717) is 6.42 Å². The zero-order chi connectivity index (χ0) is 11.4. The fraction of sp³-hybridized carbons (Fsp3) is 1.00. The second-order valence-electron chi connectivity index (χ2n) is 3.22. The molecule has 0 aromatic heterocycles. The summed E-state index contributed by atoms with van der Waals surface area (Å²) < 4.78 is -2.18. The molecule has 3 N–H and O–H groups in total. The van der Waals surface area contributed by atoms with Gasteiger partial charge in [-0.05, 0) is 6.42 Å². The van der Waals surface area contributed by atoms with E-state index in [1.54, 1.807) is 0 Å². The van der Waals surface area contributed by atoms with Crippen LogP contribution in [-0.2, 0) is 0 Å². The maximum Gasteiger partial charge on any atom is 0.311 e. The van der Waals surface area contributed by atoms with E-state index in [-0.39, 0.29) is 0 Å². The molecule has 0 radical (unpaired) electrons. The molecule has 14 heavy (non-hydrogen) atoms. The molecule has 0 amide bonds. The maximum atomic E-state index is 8.84. The van der Waals surface area contributed by atoms with Crippen LogP contribution in [0, 0.1) is 0 Å². The number of alkyl halides is 3. The van der Waals surface area contributed by atoms with Gasteiger partial charge in [0.15, 0.2) is 0 Å². The van der Waals surface area contributed by atoms with Crippen molar-refractivity contribution in [3.63, 3.8) is 0 Å². The first-order valence-corrected chi connectivity index (χ1v) is 5.61. The van der Waals surface area contributed by atoms with Crippen molar-refractivity contribution in [3.8, 4) is 0 Å². The second kappa shape index (κ2) is 5.73. The highest BCUT2D eigenvalue weighted by Gasteiger charge is 2.51. The number of hydrogen-bond acceptors (Lipinski definition) is 3. The molecule has 0 aliphatic heterocycles. The largest absolute Gasteiger partial charge is 0.341 e. The Kier molecular flexibility index (Phi) is 6.04. The van der Waals surface area contributed by atoms with Crippen LogP contribution in [0.1, 0.15) is 32.6 Å². The van der Waals surface area contributed by atoms with Crippen molar-refractivity contribution >= 4 is 34.8 Å². The average Bonchev–Trinajstić information content (AvgIpc) is 2.02. The summed E-state index contributed by atoms with van der Waals surface area (Å²) in [5.41, 5.74) is 0. The quantitative estimate of drug-likeness (QED) is 0.391. The average molecular weight is 266 g/mol. The van der Waals surface area contributed by atoms with Crippen molar-refractivity contribution in [2.24, 2.45) is 0 Å². The summed E-state index contributed by atoms with van der Waals surface area (Å²) in [6.45, 7) is 2.02. The molecule has 1 unspecified atom stereocenters. The predicted octanol–water partition coefficient (Wildman–Crippen LogP) is 1.98. The molecule has 0 aliphatic carbocycles. The number of rotatable bonds is 6. The Bertz CT molecular complexity index is 168. The SMILES string of the molecule is CCCCCC(Cl)C(Cl)(Cl)C(O)(O)O. The lowest BCUT2D eigenvalue weighted by Gasteiger charge is -2.32. The van der Waals surface area contributed by atoms with Crippen LogP contribution >= 0.6 is 34.8 Å². The molecule has 0 spiro atoms. The topological polar surface area (TPSA) is 60.7 Å². The molecule has 0 aromatic carbocycles. The first-order valence-electron chi connectivity index (χ1n) is 4.42. The molecule has 6 heteroatoms. The Morgan fingerprint density at radius 2 is 1.64 bits per heavy atom. The van der Waals surface area contributed by atoms with Crippen LogP contribution in [0.3, 0.4) is 0 Å². The summed E-state index contributed by atoms with van der Waals surface area (Å²) in [7, 11) is 0. The van der Waals surface area contributed by atoms with Gasteiger partial charge in [0.2, 0.25) is 4.33 Å². The summed E-state index contributed by atoms with van der Waals surface area (Å²) in [5, 5.41) is 25.6. The van der Waals surface area contributed by atoms with Crippen molar-refractivity contribution in [1.82, 2.24) is 0 Å². The van der Waals surface area contributed by atoms with E-state index < -0.39 is 15.7 Å². The lowest BCUT2D eigenvalue weighted by molar-refractivity contribution is -0.319. The minimum absolute atomic E-state index is 0.409. The van der Waals surface area contributed by atoms with Gasteiger partial charge in [0, 0.05) is 0 Å². The van der Waals surface area contributed by atoms with E-state index >= 15 is 0 Å². The predicted molar refractivity (Wildman–Crippen MR) is 57.6 cm³/mol. The van der Waals surface area contributed by atoms with Crippen LogP contribution < -0.4 is 0 Å². The summed E-state index contributed by atoms with van der Waals surface area (Å²) in [5.74, 6) is -3.19. The number of aliphatic hydroxyl groups is 3. The zero-order valence-corrected chi connectivity index (χ0v) is 10.1.